The van der Waals surface area contributed by atoms with Gasteiger partial charge in [-0.15, -0.1) is 0 Å². The Bertz CT molecular complexity index is 1880. The van der Waals surface area contributed by atoms with Crippen LogP contribution < -0.4 is 15.1 Å². The second-order valence-electron chi connectivity index (χ2n) is 10.3. The molecule has 41 heavy (non-hydrogen) atoms. The van der Waals surface area contributed by atoms with Crippen molar-refractivity contribution in [2.75, 3.05) is 44.8 Å². The molecule has 0 bridgehead atoms. The monoisotopic (exact) mass is 550 g/mol. The molecule has 8 nitrogen and oxygen atoms in total. The standard InChI is InChI=1S/C32H27FN4O4/c1-35(13-11-21-7-4-5-12-34-21)32(39)24-19-37-26-10-9-20-6-2-3-8-22(20)30(26)41-31-27(37)23(29(24)38)18-25(33)28(31)36-14-16-40-17-15-36/h2-10,12,18-19H,11,13-17H2,1H3. The van der Waals surface area contributed by atoms with Crippen molar-refractivity contribution >= 4 is 33.3 Å². The van der Waals surface area contributed by atoms with Crippen LogP contribution in [0.15, 0.2) is 77.9 Å². The first-order chi connectivity index (χ1) is 20.0. The molecule has 2 aliphatic heterocycles. The van der Waals surface area contributed by atoms with E-state index in [1.54, 1.807) is 24.0 Å². The van der Waals surface area contributed by atoms with Crippen molar-refractivity contribution in [2.24, 2.45) is 0 Å². The highest BCUT2D eigenvalue weighted by Gasteiger charge is 2.32. The highest BCUT2D eigenvalue weighted by Crippen LogP contribution is 2.48. The minimum atomic E-state index is -0.574. The summed E-state index contributed by atoms with van der Waals surface area (Å²) in [7, 11) is 1.66. The van der Waals surface area contributed by atoms with Crippen LogP contribution in [0.4, 0.5) is 10.1 Å². The van der Waals surface area contributed by atoms with Crippen molar-refractivity contribution in [1.82, 2.24) is 14.5 Å². The molecule has 3 aromatic carbocycles. The van der Waals surface area contributed by atoms with Crippen molar-refractivity contribution in [3.05, 3.63) is 100 Å². The summed E-state index contributed by atoms with van der Waals surface area (Å²) >= 11 is 0. The summed E-state index contributed by atoms with van der Waals surface area (Å²) in [5.41, 5.74) is 1.68. The third-order valence-corrected chi connectivity index (χ3v) is 7.83. The number of benzene rings is 3. The van der Waals surface area contributed by atoms with E-state index in [9.17, 15) is 9.59 Å². The number of amides is 1. The summed E-state index contributed by atoms with van der Waals surface area (Å²) in [5, 5.41) is 1.90. The van der Waals surface area contributed by atoms with E-state index < -0.39 is 17.2 Å². The Labute approximate surface area is 235 Å². The minimum absolute atomic E-state index is 0.0356. The molecule has 0 saturated carbocycles. The number of carbonyl (C=O) groups is 1. The van der Waals surface area contributed by atoms with Crippen molar-refractivity contribution in [1.29, 1.82) is 0 Å². The maximum Gasteiger partial charge on any atom is 0.259 e. The van der Waals surface area contributed by atoms with Crippen LogP contribution in [0.25, 0.3) is 27.4 Å². The number of hydrogen-bond donors (Lipinski definition) is 0. The molecule has 1 fully saturated rings. The molecule has 1 amide bonds. The number of anilines is 1. The van der Waals surface area contributed by atoms with Crippen molar-refractivity contribution in [3.63, 3.8) is 0 Å². The number of morpholine rings is 1. The fourth-order valence-electron chi connectivity index (χ4n) is 5.70. The topological polar surface area (TPSA) is 76.9 Å². The van der Waals surface area contributed by atoms with Crippen LogP contribution in [0.5, 0.6) is 11.5 Å². The van der Waals surface area contributed by atoms with Gasteiger partial charge >= 0.3 is 0 Å². The van der Waals surface area contributed by atoms with Gasteiger partial charge in [-0.05, 0) is 29.7 Å². The maximum atomic E-state index is 16.0. The number of likely N-dealkylation sites (N-methyl/N-ethyl adjacent to an activating group) is 1. The lowest BCUT2D eigenvalue weighted by atomic mass is 10.0. The van der Waals surface area contributed by atoms with Crippen LogP contribution >= 0.6 is 0 Å². The Morgan fingerprint density at radius 3 is 2.63 bits per heavy atom. The number of pyridine rings is 2. The lowest BCUT2D eigenvalue weighted by molar-refractivity contribution is 0.0794. The smallest absolute Gasteiger partial charge is 0.259 e. The quantitative estimate of drug-likeness (QED) is 0.303. The Morgan fingerprint density at radius 1 is 1.02 bits per heavy atom. The van der Waals surface area contributed by atoms with Gasteiger partial charge in [-0.25, -0.2) is 4.39 Å². The van der Waals surface area contributed by atoms with E-state index in [0.717, 1.165) is 16.5 Å². The molecule has 206 valence electrons. The summed E-state index contributed by atoms with van der Waals surface area (Å²) in [6.45, 7) is 2.27. The number of hydrogen-bond acceptors (Lipinski definition) is 6. The summed E-state index contributed by atoms with van der Waals surface area (Å²) in [5.74, 6) is -0.201. The van der Waals surface area contributed by atoms with E-state index in [4.69, 9.17) is 9.47 Å². The highest BCUT2D eigenvalue weighted by molar-refractivity contribution is 6.03. The fraction of sp³-hybridized carbons (Fsp3) is 0.219. The molecule has 0 atom stereocenters. The maximum absolute atomic E-state index is 16.0. The van der Waals surface area contributed by atoms with Gasteiger partial charge in [0.05, 0.1) is 24.3 Å². The Hall–Kier alpha value is -4.76. The normalized spacial score (nSPS) is 14.1. The Balaban J connectivity index is 1.42. The van der Waals surface area contributed by atoms with Gasteiger partial charge in [-0.2, -0.15) is 0 Å². The zero-order valence-corrected chi connectivity index (χ0v) is 22.5. The number of rotatable bonds is 5. The lowest BCUT2D eigenvalue weighted by Gasteiger charge is -2.33. The fourth-order valence-corrected chi connectivity index (χ4v) is 5.70. The van der Waals surface area contributed by atoms with Crippen LogP contribution in [0.1, 0.15) is 16.1 Å². The molecule has 4 heterocycles. The van der Waals surface area contributed by atoms with Gasteiger partial charge in [0.15, 0.2) is 17.3 Å². The SMILES string of the molecule is CN(CCc1ccccn1)C(=O)c1cn2c3c(c(N4CCOCC4)c(F)cc3c1=O)Oc1c-2ccc2ccccc12. The summed E-state index contributed by atoms with van der Waals surface area (Å²) in [4.78, 5) is 35.2. The van der Waals surface area contributed by atoms with E-state index in [-0.39, 0.29) is 16.7 Å². The molecular weight excluding hydrogens is 523 g/mol. The first kappa shape index (κ1) is 25.2. The van der Waals surface area contributed by atoms with Gasteiger partial charge in [-0.3, -0.25) is 14.6 Å². The van der Waals surface area contributed by atoms with Crippen molar-refractivity contribution < 1.29 is 18.7 Å². The summed E-state index contributed by atoms with van der Waals surface area (Å²) in [6, 6.07) is 18.5. The van der Waals surface area contributed by atoms with Crippen LogP contribution in [0, 0.1) is 5.82 Å². The molecule has 0 aliphatic carbocycles. The summed E-state index contributed by atoms with van der Waals surface area (Å²) < 4.78 is 29.8. The number of aromatic nitrogens is 2. The van der Waals surface area contributed by atoms with Crippen LogP contribution in [0.3, 0.4) is 0 Å². The van der Waals surface area contributed by atoms with Gasteiger partial charge in [0.25, 0.3) is 5.91 Å². The van der Waals surface area contributed by atoms with Gasteiger partial charge in [0, 0.05) is 56.6 Å². The predicted molar refractivity (Wildman–Crippen MR) is 155 cm³/mol. The van der Waals surface area contributed by atoms with Crippen molar-refractivity contribution in [3.8, 4) is 17.2 Å². The minimum Gasteiger partial charge on any atom is -0.450 e. The zero-order valence-electron chi connectivity index (χ0n) is 22.5. The third kappa shape index (κ3) is 4.20. The van der Waals surface area contributed by atoms with Crippen LogP contribution in [0.2, 0.25) is 0 Å². The molecule has 2 aliphatic rings. The van der Waals surface area contributed by atoms with Gasteiger partial charge < -0.3 is 23.8 Å². The largest absolute Gasteiger partial charge is 0.450 e. The molecule has 5 aromatic rings. The third-order valence-electron chi connectivity index (χ3n) is 7.83. The molecule has 1 saturated heterocycles. The number of carbonyl (C=O) groups excluding carboxylic acids is 1. The average molecular weight is 551 g/mol. The second kappa shape index (κ2) is 10.0. The number of fused-ring (bicyclic) bond motifs is 4. The molecule has 2 aromatic heterocycles. The first-order valence-corrected chi connectivity index (χ1v) is 13.6. The molecular formula is C32H27FN4O4. The van der Waals surface area contributed by atoms with E-state index in [1.807, 2.05) is 59.5 Å². The van der Waals surface area contributed by atoms with E-state index >= 15 is 4.39 Å². The Morgan fingerprint density at radius 2 is 1.83 bits per heavy atom. The lowest BCUT2D eigenvalue weighted by Crippen LogP contribution is -2.37. The highest BCUT2D eigenvalue weighted by atomic mass is 19.1. The van der Waals surface area contributed by atoms with Gasteiger partial charge in [-0.1, -0.05) is 36.4 Å². The Kier molecular flexibility index (Phi) is 6.16. The van der Waals surface area contributed by atoms with E-state index in [1.165, 1.54) is 11.0 Å². The van der Waals surface area contributed by atoms with E-state index in [0.29, 0.717) is 61.9 Å². The molecule has 0 unspecified atom stereocenters. The van der Waals surface area contributed by atoms with E-state index in [2.05, 4.69) is 4.98 Å². The number of nitrogens with zero attached hydrogens (tertiary/aromatic N) is 4. The van der Waals surface area contributed by atoms with Gasteiger partial charge in [0.1, 0.15) is 16.8 Å². The second-order valence-corrected chi connectivity index (χ2v) is 10.3. The van der Waals surface area contributed by atoms with Crippen LogP contribution in [-0.4, -0.2) is 60.3 Å². The van der Waals surface area contributed by atoms with Gasteiger partial charge in [0.2, 0.25) is 5.43 Å². The first-order valence-electron chi connectivity index (χ1n) is 13.6. The number of halogens is 1. The zero-order chi connectivity index (χ0) is 28.1. The molecule has 0 radical (unpaired) electrons. The molecule has 0 spiro atoms. The van der Waals surface area contributed by atoms with Crippen LogP contribution in [-0.2, 0) is 11.2 Å². The van der Waals surface area contributed by atoms with Crippen molar-refractivity contribution in [2.45, 2.75) is 6.42 Å². The average Bonchev–Trinajstić information content (AvgIpc) is 3.01. The molecule has 0 N–H and O–H groups in total. The summed E-state index contributed by atoms with van der Waals surface area (Å²) in [6.07, 6.45) is 3.82. The number of ether oxygens (including phenoxy) is 2. The predicted octanol–water partition coefficient (Wildman–Crippen LogP) is 4.94. The molecule has 7 rings (SSSR count). The molecule has 9 heteroatoms.